The summed E-state index contributed by atoms with van der Waals surface area (Å²) in [5, 5.41) is 29.2. The third-order valence-electron chi connectivity index (χ3n) is 4.74. The van der Waals surface area contributed by atoms with Crippen LogP contribution >= 0.6 is 0 Å². The molecule has 1 heterocycles. The van der Waals surface area contributed by atoms with Crippen molar-refractivity contribution in [2.75, 3.05) is 13.7 Å². The zero-order valence-electron chi connectivity index (χ0n) is 14.8. The van der Waals surface area contributed by atoms with Crippen LogP contribution in [0.3, 0.4) is 0 Å². The summed E-state index contributed by atoms with van der Waals surface area (Å²) in [6, 6.07) is -1.21. The van der Waals surface area contributed by atoms with Crippen molar-refractivity contribution in [2.45, 2.75) is 88.4 Å². The van der Waals surface area contributed by atoms with Gasteiger partial charge < -0.3 is 30.5 Å². The number of carbonyl (C=O) groups is 1. The molecule has 0 bridgehead atoms. The molecule has 142 valence electrons. The molecule has 1 aliphatic heterocycles. The van der Waals surface area contributed by atoms with E-state index in [1.54, 1.807) is 0 Å². The van der Waals surface area contributed by atoms with Gasteiger partial charge in [0.15, 0.2) is 5.78 Å². The minimum absolute atomic E-state index is 0.219. The van der Waals surface area contributed by atoms with Gasteiger partial charge in [0.05, 0.1) is 12.6 Å². The molecule has 0 spiro atoms. The number of unbranched alkanes of at least 4 members (excludes halogenated alkanes) is 6. The first-order valence-electron chi connectivity index (χ1n) is 8.93. The second-order valence-electron chi connectivity index (χ2n) is 6.51. The number of hydrogen-bond acceptors (Lipinski definition) is 7. The highest BCUT2D eigenvalue weighted by Crippen LogP contribution is 2.32. The Balaban J connectivity index is 2.57. The van der Waals surface area contributed by atoms with E-state index < -0.39 is 36.7 Å². The molecule has 5 N–H and O–H groups in total. The van der Waals surface area contributed by atoms with E-state index in [0.717, 1.165) is 19.3 Å². The molecule has 24 heavy (non-hydrogen) atoms. The smallest absolute Gasteiger partial charge is 0.247 e. The lowest BCUT2D eigenvalue weighted by Gasteiger charge is -2.47. The number of methoxy groups -OCH3 is 1. The van der Waals surface area contributed by atoms with Crippen LogP contribution in [0, 0.1) is 0 Å². The molecular weight excluding hydrogens is 314 g/mol. The first-order chi connectivity index (χ1) is 11.4. The molecule has 0 aliphatic carbocycles. The Morgan fingerprint density at radius 3 is 2.25 bits per heavy atom. The van der Waals surface area contributed by atoms with Crippen LogP contribution in [-0.2, 0) is 14.3 Å². The van der Waals surface area contributed by atoms with Gasteiger partial charge in [0.1, 0.15) is 18.3 Å². The Hall–Kier alpha value is -0.570. The summed E-state index contributed by atoms with van der Waals surface area (Å²) >= 11 is 0. The summed E-state index contributed by atoms with van der Waals surface area (Å²) in [7, 11) is 1.28. The highest BCUT2D eigenvalue weighted by Gasteiger charge is 2.56. The van der Waals surface area contributed by atoms with Gasteiger partial charge in [0.25, 0.3) is 0 Å². The third-order valence-corrected chi connectivity index (χ3v) is 4.74. The standard InChI is InChI=1S/C17H33NO6/c1-3-4-5-6-7-8-9-10-13(20)17(23-2)16(18)15(22)14(21)12(11-19)24-17/h12,14-16,19,21-22H,3-11,18H2,1-2H3/t12-,14-,15+,16-,17?/m1/s1. The van der Waals surface area contributed by atoms with Crippen LogP contribution < -0.4 is 5.73 Å². The topological polar surface area (TPSA) is 122 Å². The molecular formula is C17H33NO6. The van der Waals surface area contributed by atoms with E-state index in [1.165, 1.54) is 26.4 Å². The number of aliphatic hydroxyl groups is 3. The first kappa shape index (κ1) is 21.5. The average molecular weight is 347 g/mol. The molecule has 0 radical (unpaired) electrons. The van der Waals surface area contributed by atoms with Crippen molar-refractivity contribution in [3.05, 3.63) is 0 Å². The lowest BCUT2D eigenvalue weighted by Crippen LogP contribution is -2.71. The second kappa shape index (κ2) is 10.4. The average Bonchev–Trinajstić information content (AvgIpc) is 2.59. The predicted molar refractivity (Wildman–Crippen MR) is 89.3 cm³/mol. The fraction of sp³-hybridized carbons (Fsp3) is 0.941. The minimum Gasteiger partial charge on any atom is -0.394 e. The molecule has 7 heteroatoms. The predicted octanol–water partition coefficient (Wildman–Crippen LogP) is 0.479. The highest BCUT2D eigenvalue weighted by molar-refractivity contribution is 5.87. The maximum absolute atomic E-state index is 12.6. The van der Waals surface area contributed by atoms with E-state index in [2.05, 4.69) is 6.92 Å². The van der Waals surface area contributed by atoms with Crippen molar-refractivity contribution >= 4 is 5.78 Å². The molecule has 0 amide bonds. The van der Waals surface area contributed by atoms with Crippen LogP contribution in [0.1, 0.15) is 58.3 Å². The van der Waals surface area contributed by atoms with Gasteiger partial charge in [-0.25, -0.2) is 0 Å². The fourth-order valence-corrected chi connectivity index (χ4v) is 3.14. The van der Waals surface area contributed by atoms with E-state index in [4.69, 9.17) is 15.2 Å². The number of nitrogens with two attached hydrogens (primary N) is 1. The van der Waals surface area contributed by atoms with Gasteiger partial charge in [-0.1, -0.05) is 45.4 Å². The van der Waals surface area contributed by atoms with Crippen LogP contribution in [0.4, 0.5) is 0 Å². The lowest BCUT2D eigenvalue weighted by molar-refractivity contribution is -0.306. The van der Waals surface area contributed by atoms with E-state index in [-0.39, 0.29) is 12.2 Å². The highest BCUT2D eigenvalue weighted by atomic mass is 16.7. The molecule has 0 aromatic heterocycles. The van der Waals surface area contributed by atoms with E-state index >= 15 is 0 Å². The van der Waals surface area contributed by atoms with Crippen molar-refractivity contribution in [3.63, 3.8) is 0 Å². The normalized spacial score (nSPS) is 33.6. The van der Waals surface area contributed by atoms with Gasteiger partial charge >= 0.3 is 0 Å². The van der Waals surface area contributed by atoms with Crippen LogP contribution in [0.25, 0.3) is 0 Å². The summed E-state index contributed by atoms with van der Waals surface area (Å²) in [6.07, 6.45) is 3.83. The van der Waals surface area contributed by atoms with Gasteiger partial charge in [-0.15, -0.1) is 0 Å². The molecule has 0 aromatic carbocycles. The number of aliphatic hydroxyl groups excluding tert-OH is 3. The fourth-order valence-electron chi connectivity index (χ4n) is 3.14. The van der Waals surface area contributed by atoms with Crippen LogP contribution in [0.2, 0.25) is 0 Å². The monoisotopic (exact) mass is 347 g/mol. The van der Waals surface area contributed by atoms with E-state index in [0.29, 0.717) is 6.42 Å². The van der Waals surface area contributed by atoms with Gasteiger partial charge in [0, 0.05) is 13.5 Å². The first-order valence-corrected chi connectivity index (χ1v) is 8.93. The molecule has 1 aliphatic rings. The quantitative estimate of drug-likeness (QED) is 0.401. The number of ether oxygens (including phenoxy) is 2. The minimum atomic E-state index is -1.83. The number of hydrogen-bond donors (Lipinski definition) is 4. The number of Topliss-reactive ketones (excluding diaryl/α,β-unsaturated/α-hetero) is 1. The number of ketones is 1. The molecule has 7 nitrogen and oxygen atoms in total. The summed E-state index contributed by atoms with van der Waals surface area (Å²) < 4.78 is 10.7. The molecule has 0 saturated carbocycles. The second-order valence-corrected chi connectivity index (χ2v) is 6.51. The zero-order valence-corrected chi connectivity index (χ0v) is 14.8. The Morgan fingerprint density at radius 2 is 1.71 bits per heavy atom. The van der Waals surface area contributed by atoms with Gasteiger partial charge in [0.2, 0.25) is 5.79 Å². The Kier molecular flexibility index (Phi) is 9.33. The molecule has 0 aromatic rings. The SMILES string of the molecule is CCCCCCCCCC(=O)C1(OC)O[C@H](CO)[C@@H](O)[C@H](O)[C@H]1N. The molecule has 1 saturated heterocycles. The molecule has 5 atom stereocenters. The van der Waals surface area contributed by atoms with Crippen molar-refractivity contribution in [1.29, 1.82) is 0 Å². The van der Waals surface area contributed by atoms with Crippen molar-refractivity contribution in [2.24, 2.45) is 5.73 Å². The van der Waals surface area contributed by atoms with Crippen molar-refractivity contribution in [3.8, 4) is 0 Å². The Labute approximate surface area is 144 Å². The maximum Gasteiger partial charge on any atom is 0.247 e. The summed E-state index contributed by atoms with van der Waals surface area (Å²) in [4.78, 5) is 12.6. The summed E-state index contributed by atoms with van der Waals surface area (Å²) in [5.41, 5.74) is 5.90. The largest absolute Gasteiger partial charge is 0.394 e. The van der Waals surface area contributed by atoms with E-state index in [1.807, 2.05) is 0 Å². The Morgan fingerprint density at radius 1 is 1.12 bits per heavy atom. The van der Waals surface area contributed by atoms with Crippen molar-refractivity contribution < 1.29 is 29.6 Å². The van der Waals surface area contributed by atoms with Crippen LogP contribution in [-0.4, -0.2) is 65.0 Å². The lowest BCUT2D eigenvalue weighted by atomic mass is 9.87. The van der Waals surface area contributed by atoms with E-state index in [9.17, 15) is 20.1 Å². The van der Waals surface area contributed by atoms with Crippen LogP contribution in [0.15, 0.2) is 0 Å². The number of carbonyl (C=O) groups excluding carboxylic acids is 1. The summed E-state index contributed by atoms with van der Waals surface area (Å²) in [5.74, 6) is -2.19. The van der Waals surface area contributed by atoms with Gasteiger partial charge in [-0.2, -0.15) is 0 Å². The third kappa shape index (κ3) is 4.97. The van der Waals surface area contributed by atoms with Gasteiger partial charge in [-0.05, 0) is 6.42 Å². The Bertz CT molecular complexity index is 378. The van der Waals surface area contributed by atoms with Gasteiger partial charge in [-0.3, -0.25) is 4.79 Å². The number of rotatable bonds is 11. The maximum atomic E-state index is 12.6. The molecule has 1 rings (SSSR count). The molecule has 1 fully saturated rings. The molecule has 1 unspecified atom stereocenters. The van der Waals surface area contributed by atoms with Crippen LogP contribution in [0.5, 0.6) is 0 Å². The summed E-state index contributed by atoms with van der Waals surface area (Å²) in [6.45, 7) is 1.63. The van der Waals surface area contributed by atoms with Crippen molar-refractivity contribution in [1.82, 2.24) is 0 Å². The zero-order chi connectivity index (χ0) is 18.2.